The Morgan fingerprint density at radius 3 is 1.75 bits per heavy atom. The SMILES string of the molecule is CC(=O)N(C1CC1)C1(C(=O)O)CC(C)(C)CC(C)(C)C1. The second-order valence-electron chi connectivity index (χ2n) is 8.32. The Morgan fingerprint density at radius 1 is 1.00 bits per heavy atom. The highest BCUT2D eigenvalue weighted by Gasteiger charge is 2.58. The topological polar surface area (TPSA) is 57.6 Å². The molecule has 1 amide bonds. The number of carbonyl (C=O) groups excluding carboxylic acids is 1. The molecule has 2 aliphatic rings. The zero-order valence-electron chi connectivity index (χ0n) is 13.3. The van der Waals surface area contributed by atoms with Crippen LogP contribution in [0.1, 0.15) is 66.7 Å². The predicted octanol–water partition coefficient (Wildman–Crippen LogP) is 3.06. The molecule has 0 bridgehead atoms. The number of aliphatic carboxylic acids is 1. The Hall–Kier alpha value is -1.06. The smallest absolute Gasteiger partial charge is 0.329 e. The number of rotatable bonds is 3. The molecule has 4 heteroatoms. The van der Waals surface area contributed by atoms with E-state index in [-0.39, 0.29) is 22.8 Å². The van der Waals surface area contributed by atoms with Gasteiger partial charge < -0.3 is 10.0 Å². The van der Waals surface area contributed by atoms with Crippen LogP contribution in [0.25, 0.3) is 0 Å². The largest absolute Gasteiger partial charge is 0.479 e. The van der Waals surface area contributed by atoms with E-state index < -0.39 is 11.5 Å². The van der Waals surface area contributed by atoms with Crippen LogP contribution in [0.2, 0.25) is 0 Å². The second-order valence-corrected chi connectivity index (χ2v) is 8.32. The van der Waals surface area contributed by atoms with E-state index >= 15 is 0 Å². The minimum atomic E-state index is -1.03. The highest BCUT2D eigenvalue weighted by atomic mass is 16.4. The van der Waals surface area contributed by atoms with Crippen LogP contribution in [-0.2, 0) is 9.59 Å². The first-order chi connectivity index (χ1) is 8.99. The average molecular weight is 281 g/mol. The van der Waals surface area contributed by atoms with Crippen molar-refractivity contribution in [1.82, 2.24) is 4.90 Å². The summed E-state index contributed by atoms with van der Waals surface area (Å²) in [6, 6.07) is 0.133. The van der Waals surface area contributed by atoms with E-state index in [9.17, 15) is 14.7 Å². The average Bonchev–Trinajstić information content (AvgIpc) is 2.95. The molecule has 4 nitrogen and oxygen atoms in total. The molecule has 0 spiro atoms. The molecular weight excluding hydrogens is 254 g/mol. The van der Waals surface area contributed by atoms with Crippen molar-refractivity contribution in [2.75, 3.05) is 0 Å². The van der Waals surface area contributed by atoms with Gasteiger partial charge in [-0.3, -0.25) is 4.79 Å². The van der Waals surface area contributed by atoms with Gasteiger partial charge in [0.2, 0.25) is 5.91 Å². The third kappa shape index (κ3) is 2.70. The van der Waals surface area contributed by atoms with E-state index in [2.05, 4.69) is 27.7 Å². The van der Waals surface area contributed by atoms with Crippen molar-refractivity contribution in [1.29, 1.82) is 0 Å². The zero-order chi connectivity index (χ0) is 15.3. The molecule has 2 saturated carbocycles. The van der Waals surface area contributed by atoms with Crippen molar-refractivity contribution in [2.24, 2.45) is 10.8 Å². The number of carboxylic acid groups (broad SMARTS) is 1. The quantitative estimate of drug-likeness (QED) is 0.865. The summed E-state index contributed by atoms with van der Waals surface area (Å²) in [4.78, 5) is 25.9. The molecule has 0 aromatic heterocycles. The van der Waals surface area contributed by atoms with E-state index in [1.807, 2.05) is 0 Å². The molecule has 0 radical (unpaired) electrons. The fraction of sp³-hybridized carbons (Fsp3) is 0.875. The number of amides is 1. The van der Waals surface area contributed by atoms with E-state index in [4.69, 9.17) is 0 Å². The molecule has 0 saturated heterocycles. The van der Waals surface area contributed by atoms with Crippen LogP contribution in [0.3, 0.4) is 0 Å². The van der Waals surface area contributed by atoms with Gasteiger partial charge in [-0.2, -0.15) is 0 Å². The number of carbonyl (C=O) groups is 2. The third-order valence-corrected chi connectivity index (χ3v) is 4.61. The standard InChI is InChI=1S/C16H27NO3/c1-11(18)17(12-6-7-12)16(13(19)20)9-14(2,3)8-15(4,5)10-16/h12H,6-10H2,1-5H3,(H,19,20). The summed E-state index contributed by atoms with van der Waals surface area (Å²) < 4.78 is 0. The summed E-state index contributed by atoms with van der Waals surface area (Å²) in [5, 5.41) is 9.96. The fourth-order valence-electron chi connectivity index (χ4n) is 4.73. The minimum absolute atomic E-state index is 0.0667. The Labute approximate surface area is 121 Å². The molecule has 0 aromatic carbocycles. The summed E-state index contributed by atoms with van der Waals surface area (Å²) in [6.07, 6.45) is 3.97. The Bertz CT molecular complexity index is 419. The number of hydrogen-bond donors (Lipinski definition) is 1. The third-order valence-electron chi connectivity index (χ3n) is 4.61. The van der Waals surface area contributed by atoms with Crippen molar-refractivity contribution in [3.8, 4) is 0 Å². The number of carboxylic acids is 1. The first-order valence-electron chi connectivity index (χ1n) is 7.53. The molecule has 114 valence electrons. The molecule has 0 unspecified atom stereocenters. The van der Waals surface area contributed by atoms with Crippen molar-refractivity contribution in [3.63, 3.8) is 0 Å². The van der Waals surface area contributed by atoms with Crippen LogP contribution >= 0.6 is 0 Å². The molecule has 1 N–H and O–H groups in total. The van der Waals surface area contributed by atoms with Crippen LogP contribution in [0.4, 0.5) is 0 Å². The molecule has 2 rings (SSSR count). The van der Waals surface area contributed by atoms with Gasteiger partial charge in [-0.05, 0) is 42.9 Å². The van der Waals surface area contributed by atoms with Crippen molar-refractivity contribution in [3.05, 3.63) is 0 Å². The summed E-state index contributed by atoms with van der Waals surface area (Å²) >= 11 is 0. The summed E-state index contributed by atoms with van der Waals surface area (Å²) in [5.74, 6) is -0.927. The van der Waals surface area contributed by atoms with E-state index in [1.165, 1.54) is 6.92 Å². The molecule has 0 aliphatic heterocycles. The normalized spacial score (nSPS) is 26.9. The molecule has 0 atom stereocenters. The zero-order valence-corrected chi connectivity index (χ0v) is 13.3. The van der Waals surface area contributed by atoms with Crippen molar-refractivity contribution in [2.45, 2.75) is 78.3 Å². The molecule has 0 heterocycles. The lowest BCUT2D eigenvalue weighted by molar-refractivity contribution is -0.170. The highest BCUT2D eigenvalue weighted by Crippen LogP contribution is 2.54. The van der Waals surface area contributed by atoms with Gasteiger partial charge in [0.15, 0.2) is 0 Å². The molecule has 2 aliphatic carbocycles. The summed E-state index contributed by atoms with van der Waals surface area (Å²) in [6.45, 7) is 10.00. The van der Waals surface area contributed by atoms with Crippen molar-refractivity contribution < 1.29 is 14.7 Å². The van der Waals surface area contributed by atoms with E-state index in [1.54, 1.807) is 4.90 Å². The van der Waals surface area contributed by atoms with Crippen LogP contribution in [0, 0.1) is 10.8 Å². The molecule has 2 fully saturated rings. The van der Waals surface area contributed by atoms with Gasteiger partial charge in [-0.25, -0.2) is 4.79 Å². The van der Waals surface area contributed by atoms with Crippen LogP contribution in [-0.4, -0.2) is 33.5 Å². The van der Waals surface area contributed by atoms with Gasteiger partial charge in [-0.15, -0.1) is 0 Å². The van der Waals surface area contributed by atoms with Gasteiger partial charge in [0.25, 0.3) is 0 Å². The number of hydrogen-bond acceptors (Lipinski definition) is 2. The first-order valence-corrected chi connectivity index (χ1v) is 7.53. The van der Waals surface area contributed by atoms with Crippen molar-refractivity contribution >= 4 is 11.9 Å². The van der Waals surface area contributed by atoms with Crippen LogP contribution in [0.5, 0.6) is 0 Å². The Morgan fingerprint density at radius 2 is 1.45 bits per heavy atom. The van der Waals surface area contributed by atoms with Gasteiger partial charge >= 0.3 is 5.97 Å². The maximum absolute atomic E-state index is 12.1. The summed E-state index contributed by atoms with van der Waals surface area (Å²) in [5.41, 5.74) is -1.16. The van der Waals surface area contributed by atoms with E-state index in [0.717, 1.165) is 19.3 Å². The minimum Gasteiger partial charge on any atom is -0.479 e. The predicted molar refractivity (Wildman–Crippen MR) is 77.3 cm³/mol. The van der Waals surface area contributed by atoms with Gasteiger partial charge in [-0.1, -0.05) is 27.7 Å². The lowest BCUT2D eigenvalue weighted by atomic mass is 9.57. The fourth-order valence-corrected chi connectivity index (χ4v) is 4.73. The maximum atomic E-state index is 12.1. The molecule has 20 heavy (non-hydrogen) atoms. The highest BCUT2D eigenvalue weighted by molar-refractivity contribution is 5.87. The molecular formula is C16H27NO3. The monoisotopic (exact) mass is 281 g/mol. The van der Waals surface area contributed by atoms with Gasteiger partial charge in [0.1, 0.15) is 5.54 Å². The maximum Gasteiger partial charge on any atom is 0.329 e. The van der Waals surface area contributed by atoms with E-state index in [0.29, 0.717) is 12.8 Å². The summed E-state index contributed by atoms with van der Waals surface area (Å²) in [7, 11) is 0. The van der Waals surface area contributed by atoms with Gasteiger partial charge in [0, 0.05) is 13.0 Å². The lowest BCUT2D eigenvalue weighted by Gasteiger charge is -2.54. The Kier molecular flexibility index (Phi) is 3.43. The second kappa shape index (κ2) is 4.47. The Balaban J connectivity index is 2.47. The lowest BCUT2D eigenvalue weighted by Crippen LogP contribution is -2.63. The van der Waals surface area contributed by atoms with Crippen LogP contribution in [0.15, 0.2) is 0 Å². The van der Waals surface area contributed by atoms with Gasteiger partial charge in [0.05, 0.1) is 0 Å². The first kappa shape index (κ1) is 15.3. The number of nitrogens with zero attached hydrogens (tertiary/aromatic N) is 1. The van der Waals surface area contributed by atoms with Crippen LogP contribution < -0.4 is 0 Å². The molecule has 0 aromatic rings.